The molecule has 1 aromatic heterocycles. The van der Waals surface area contributed by atoms with Crippen LogP contribution in [0, 0.1) is 6.92 Å². The molecular weight excluding hydrogens is 570 g/mol. The van der Waals surface area contributed by atoms with Crippen molar-refractivity contribution in [2.75, 3.05) is 25.4 Å². The largest absolute Gasteiger partial charge is 0.463 e. The fourth-order valence-corrected chi connectivity index (χ4v) is 4.21. The van der Waals surface area contributed by atoms with E-state index >= 15 is 0 Å². The molecule has 0 spiro atoms. The number of hydrogen-bond acceptors (Lipinski definition) is 7. The molecule has 0 aliphatic rings. The van der Waals surface area contributed by atoms with Gasteiger partial charge in [-0.05, 0) is 61.4 Å². The van der Waals surface area contributed by atoms with E-state index in [9.17, 15) is 24.0 Å². The van der Waals surface area contributed by atoms with E-state index in [0.29, 0.717) is 22.8 Å². The standard InChI is InChI=1S/C28H30ClN5O6S/c1-3-21-17(2)34(28(39)18-4-6-19(29)7-5-18)23-9-8-20(12-22(21)23)40-11-10-30-24(35)13-31-25(36)14-32-26(37)15-33-27(38)16-41/h4-12,41H,3,13-16H2,1-2H3,(H,30,35)(H,31,36)(H,32,37)(H,33,38)/b11-10-. The molecule has 1 heterocycles. The SMILES string of the molecule is CCc1c(C)n(C(=O)c2ccc(Cl)cc2)c2ccc(O/C=C\NC(=O)CNC(=O)CNC(=O)CNC(=O)CS)cc12. The molecule has 0 aliphatic carbocycles. The summed E-state index contributed by atoms with van der Waals surface area (Å²) in [6.45, 7) is 2.96. The molecule has 41 heavy (non-hydrogen) atoms. The number of rotatable bonds is 12. The van der Waals surface area contributed by atoms with Crippen molar-refractivity contribution in [1.29, 1.82) is 0 Å². The summed E-state index contributed by atoms with van der Waals surface area (Å²) in [7, 11) is 0. The molecule has 0 saturated carbocycles. The third-order valence-corrected chi connectivity index (χ3v) is 6.49. The van der Waals surface area contributed by atoms with Gasteiger partial charge in [0.25, 0.3) is 5.91 Å². The van der Waals surface area contributed by atoms with Gasteiger partial charge in [-0.2, -0.15) is 12.6 Å². The molecule has 4 amide bonds. The van der Waals surface area contributed by atoms with E-state index in [4.69, 9.17) is 16.3 Å². The molecular formula is C28H30ClN5O6S. The third kappa shape index (κ3) is 8.60. The van der Waals surface area contributed by atoms with E-state index in [1.807, 2.05) is 19.9 Å². The third-order valence-electron chi connectivity index (χ3n) is 5.95. The zero-order valence-corrected chi connectivity index (χ0v) is 24.1. The Morgan fingerprint density at radius 3 is 2.12 bits per heavy atom. The topological polar surface area (TPSA) is 148 Å². The van der Waals surface area contributed by atoms with Crippen molar-refractivity contribution in [3.05, 3.63) is 76.8 Å². The molecule has 0 unspecified atom stereocenters. The molecule has 3 rings (SSSR count). The van der Waals surface area contributed by atoms with Gasteiger partial charge in [0, 0.05) is 27.9 Å². The quantitative estimate of drug-likeness (QED) is 0.159. The van der Waals surface area contributed by atoms with E-state index < -0.39 is 23.6 Å². The minimum atomic E-state index is -0.578. The second kappa shape index (κ2) is 14.9. The number of ether oxygens (including phenoxy) is 1. The van der Waals surface area contributed by atoms with Gasteiger partial charge in [-0.1, -0.05) is 18.5 Å². The molecule has 2 aromatic carbocycles. The molecule has 0 fully saturated rings. The normalized spacial score (nSPS) is 10.8. The summed E-state index contributed by atoms with van der Waals surface area (Å²) in [5.41, 5.74) is 3.12. The lowest BCUT2D eigenvalue weighted by atomic mass is 10.1. The van der Waals surface area contributed by atoms with Crippen LogP contribution in [-0.4, -0.2) is 59.5 Å². The number of hydrogen-bond donors (Lipinski definition) is 5. The molecule has 0 bridgehead atoms. The van der Waals surface area contributed by atoms with Crippen LogP contribution in [0.1, 0.15) is 28.5 Å². The number of fused-ring (bicyclic) bond motifs is 1. The molecule has 216 valence electrons. The van der Waals surface area contributed by atoms with Crippen LogP contribution in [0.3, 0.4) is 0 Å². The van der Waals surface area contributed by atoms with Crippen molar-refractivity contribution in [3.8, 4) is 5.75 Å². The lowest BCUT2D eigenvalue weighted by Crippen LogP contribution is -2.44. The number of benzene rings is 2. The molecule has 0 radical (unpaired) electrons. The highest BCUT2D eigenvalue weighted by atomic mass is 35.5. The Kier molecular flexibility index (Phi) is 11.4. The Hall–Kier alpha value is -4.29. The summed E-state index contributed by atoms with van der Waals surface area (Å²) < 4.78 is 7.32. The van der Waals surface area contributed by atoms with Crippen molar-refractivity contribution >= 4 is 64.7 Å². The highest BCUT2D eigenvalue weighted by molar-refractivity contribution is 7.81. The van der Waals surface area contributed by atoms with Gasteiger partial charge in [-0.25, -0.2) is 0 Å². The molecule has 3 aromatic rings. The van der Waals surface area contributed by atoms with Gasteiger partial charge in [-0.15, -0.1) is 0 Å². The minimum absolute atomic E-state index is 0.0563. The summed E-state index contributed by atoms with van der Waals surface area (Å²) in [6, 6.07) is 12.1. The Morgan fingerprint density at radius 2 is 1.51 bits per heavy atom. The van der Waals surface area contributed by atoms with Crippen LogP contribution >= 0.6 is 24.2 Å². The summed E-state index contributed by atoms with van der Waals surface area (Å²) in [5.74, 6) is -1.77. The van der Waals surface area contributed by atoms with Gasteiger partial charge < -0.3 is 26.0 Å². The second-order valence-corrected chi connectivity index (χ2v) is 9.47. The van der Waals surface area contributed by atoms with Gasteiger partial charge in [0.15, 0.2) is 0 Å². The molecule has 13 heteroatoms. The summed E-state index contributed by atoms with van der Waals surface area (Å²) in [4.78, 5) is 59.7. The maximum absolute atomic E-state index is 13.3. The first-order valence-electron chi connectivity index (χ1n) is 12.6. The van der Waals surface area contributed by atoms with E-state index in [1.165, 1.54) is 12.5 Å². The zero-order chi connectivity index (χ0) is 29.9. The number of thiol groups is 1. The summed E-state index contributed by atoms with van der Waals surface area (Å²) in [5, 5.41) is 10.9. The lowest BCUT2D eigenvalue weighted by molar-refractivity contribution is -0.128. The fraction of sp³-hybridized carbons (Fsp3) is 0.250. The van der Waals surface area contributed by atoms with Crippen molar-refractivity contribution in [2.24, 2.45) is 0 Å². The fourth-order valence-electron chi connectivity index (χ4n) is 3.97. The molecule has 4 N–H and O–H groups in total. The van der Waals surface area contributed by atoms with Crippen molar-refractivity contribution in [2.45, 2.75) is 20.3 Å². The van der Waals surface area contributed by atoms with Gasteiger partial charge in [0.05, 0.1) is 30.9 Å². The molecule has 0 atom stereocenters. The predicted octanol–water partition coefficient (Wildman–Crippen LogP) is 2.10. The van der Waals surface area contributed by atoms with Crippen LogP contribution in [-0.2, 0) is 25.6 Å². The molecule has 11 nitrogen and oxygen atoms in total. The maximum atomic E-state index is 13.3. The van der Waals surface area contributed by atoms with Crippen LogP contribution in [0.4, 0.5) is 0 Å². The average Bonchev–Trinajstić information content (AvgIpc) is 3.25. The number of amides is 4. The highest BCUT2D eigenvalue weighted by Crippen LogP contribution is 2.31. The van der Waals surface area contributed by atoms with Crippen molar-refractivity contribution < 1.29 is 28.7 Å². The first kappa shape index (κ1) is 31.2. The van der Waals surface area contributed by atoms with E-state index in [1.54, 1.807) is 41.0 Å². The molecule has 0 saturated heterocycles. The number of carbonyl (C=O) groups is 5. The Labute approximate surface area is 247 Å². The van der Waals surface area contributed by atoms with E-state index in [-0.39, 0.29) is 31.3 Å². The second-order valence-electron chi connectivity index (χ2n) is 8.72. The average molecular weight is 600 g/mol. The lowest BCUT2D eigenvalue weighted by Gasteiger charge is -2.08. The van der Waals surface area contributed by atoms with E-state index in [0.717, 1.165) is 22.2 Å². The van der Waals surface area contributed by atoms with Gasteiger partial charge in [0.2, 0.25) is 23.6 Å². The van der Waals surface area contributed by atoms with Gasteiger partial charge in [0.1, 0.15) is 12.0 Å². The number of aryl methyl sites for hydroxylation is 1. The van der Waals surface area contributed by atoms with Crippen molar-refractivity contribution in [1.82, 2.24) is 25.8 Å². The number of nitrogens with one attached hydrogen (secondary N) is 4. The highest BCUT2D eigenvalue weighted by Gasteiger charge is 2.19. The van der Waals surface area contributed by atoms with Gasteiger partial charge >= 0.3 is 0 Å². The number of nitrogens with zero attached hydrogens (tertiary/aromatic N) is 1. The maximum Gasteiger partial charge on any atom is 0.262 e. The van der Waals surface area contributed by atoms with Crippen LogP contribution in [0.25, 0.3) is 10.9 Å². The van der Waals surface area contributed by atoms with Crippen LogP contribution < -0.4 is 26.0 Å². The predicted molar refractivity (Wildman–Crippen MR) is 158 cm³/mol. The summed E-state index contributed by atoms with van der Waals surface area (Å²) in [6.07, 6.45) is 3.28. The number of aromatic nitrogens is 1. The zero-order valence-electron chi connectivity index (χ0n) is 22.5. The first-order chi connectivity index (χ1) is 19.6. The Bertz CT molecular complexity index is 1490. The summed E-state index contributed by atoms with van der Waals surface area (Å²) >= 11 is 9.74. The smallest absolute Gasteiger partial charge is 0.262 e. The monoisotopic (exact) mass is 599 g/mol. The Morgan fingerprint density at radius 1 is 0.902 bits per heavy atom. The number of carbonyl (C=O) groups excluding carboxylic acids is 5. The number of halogens is 1. The first-order valence-corrected chi connectivity index (χ1v) is 13.6. The Balaban J connectivity index is 1.53. The van der Waals surface area contributed by atoms with Gasteiger partial charge in [-0.3, -0.25) is 28.5 Å². The minimum Gasteiger partial charge on any atom is -0.463 e. The van der Waals surface area contributed by atoms with Crippen molar-refractivity contribution in [3.63, 3.8) is 0 Å². The van der Waals surface area contributed by atoms with Crippen LogP contribution in [0.5, 0.6) is 5.75 Å². The van der Waals surface area contributed by atoms with Crippen LogP contribution in [0.15, 0.2) is 54.9 Å². The molecule has 0 aliphatic heterocycles. The van der Waals surface area contributed by atoms with E-state index in [2.05, 4.69) is 33.9 Å². The van der Waals surface area contributed by atoms with Crippen LogP contribution in [0.2, 0.25) is 5.02 Å².